The third kappa shape index (κ3) is 78.2. The van der Waals surface area contributed by atoms with Gasteiger partial charge in [0.05, 0.1) is 26.4 Å². The molecule has 0 rings (SSSR count). The summed E-state index contributed by atoms with van der Waals surface area (Å²) in [4.78, 5) is 73.2. The van der Waals surface area contributed by atoms with Crippen LogP contribution in [-0.4, -0.2) is 96.7 Å². The number of hydrogen-bond acceptors (Lipinski definition) is 15. The average Bonchev–Trinajstić information content (AvgIpc) is 0.906. The molecule has 0 aliphatic heterocycles. The van der Waals surface area contributed by atoms with Crippen LogP contribution in [0.5, 0.6) is 0 Å². The minimum atomic E-state index is -4.96. The lowest BCUT2D eigenvalue weighted by atomic mass is 10.0. The lowest BCUT2D eigenvalue weighted by Gasteiger charge is -2.21. The largest absolute Gasteiger partial charge is 0.472 e. The number of ether oxygens (including phenoxy) is 4. The van der Waals surface area contributed by atoms with E-state index in [4.69, 9.17) is 37.0 Å². The maximum Gasteiger partial charge on any atom is 0.472 e. The van der Waals surface area contributed by atoms with Gasteiger partial charge in [0.1, 0.15) is 19.3 Å². The minimum Gasteiger partial charge on any atom is -0.462 e. The Labute approximate surface area is 638 Å². The molecule has 0 fully saturated rings. The second-order valence-electron chi connectivity index (χ2n) is 30.6. The zero-order chi connectivity index (χ0) is 76.0. The Hall–Kier alpha value is -1.94. The molecule has 0 amide bonds. The van der Waals surface area contributed by atoms with Gasteiger partial charge in [-0.3, -0.25) is 37.3 Å². The van der Waals surface area contributed by atoms with Crippen molar-refractivity contribution in [1.29, 1.82) is 0 Å². The van der Waals surface area contributed by atoms with Crippen molar-refractivity contribution in [3.8, 4) is 0 Å². The molecule has 0 aliphatic rings. The Morgan fingerprint density at radius 2 is 0.385 bits per heavy atom. The van der Waals surface area contributed by atoms with Crippen molar-refractivity contribution in [3.63, 3.8) is 0 Å². The second kappa shape index (κ2) is 79.2. The molecular weight excluding hydrogens is 1350 g/mol. The number of esters is 4. The van der Waals surface area contributed by atoms with Gasteiger partial charge in [-0.1, -0.05) is 413 Å². The van der Waals surface area contributed by atoms with Crippen LogP contribution < -0.4 is 0 Å². The van der Waals surface area contributed by atoms with Crippen molar-refractivity contribution in [1.82, 2.24) is 0 Å². The fourth-order valence-electron chi connectivity index (χ4n) is 13.3. The van der Waals surface area contributed by atoms with E-state index in [-0.39, 0.29) is 25.7 Å². The Balaban J connectivity index is 5.24. The highest BCUT2D eigenvalue weighted by Crippen LogP contribution is 2.45. The highest BCUT2D eigenvalue weighted by atomic mass is 31.2. The number of carbonyl (C=O) groups excluding carboxylic acids is 4. The molecule has 0 aromatic carbocycles. The third-order valence-corrected chi connectivity index (χ3v) is 22.0. The molecule has 0 bridgehead atoms. The molecule has 17 nitrogen and oxygen atoms in total. The number of phosphoric ester groups is 2. The topological polar surface area (TPSA) is 237 Å². The average molecular weight is 1520 g/mol. The van der Waals surface area contributed by atoms with Crippen LogP contribution in [0.15, 0.2) is 0 Å². The van der Waals surface area contributed by atoms with Crippen molar-refractivity contribution in [2.75, 3.05) is 39.6 Å². The van der Waals surface area contributed by atoms with Gasteiger partial charge in [0.25, 0.3) is 0 Å². The number of aliphatic hydroxyl groups is 1. The number of carbonyl (C=O) groups is 4. The molecule has 0 aliphatic carbocycles. The lowest BCUT2D eigenvalue weighted by molar-refractivity contribution is -0.161. The molecule has 618 valence electrons. The smallest absolute Gasteiger partial charge is 0.462 e. The van der Waals surface area contributed by atoms with Gasteiger partial charge in [0, 0.05) is 25.7 Å². The summed E-state index contributed by atoms with van der Waals surface area (Å²) in [6, 6.07) is 0. The number of phosphoric acid groups is 2. The first-order chi connectivity index (χ1) is 50.7. The monoisotopic (exact) mass is 1520 g/mol. The summed E-state index contributed by atoms with van der Waals surface area (Å²) < 4.78 is 68.9. The summed E-state index contributed by atoms with van der Waals surface area (Å²) in [5, 5.41) is 10.7. The van der Waals surface area contributed by atoms with Crippen LogP contribution in [-0.2, 0) is 65.4 Å². The zero-order valence-electron chi connectivity index (χ0n) is 68.0. The SMILES string of the molecule is CCCCCCCCCCCCCCCCCCCCCC(=O)O[C@H](COC(=O)CCCCCCCCCCCCCCCCCCCC)COP(=O)(O)OC[C@@H](O)COP(=O)(O)OC[C@@H](COC(=O)CCCCCCCCCCCCC)OC(=O)CCCCCCCCCCCCCCCCCC. The van der Waals surface area contributed by atoms with Gasteiger partial charge in [0.15, 0.2) is 12.2 Å². The predicted molar refractivity (Wildman–Crippen MR) is 428 cm³/mol. The van der Waals surface area contributed by atoms with Crippen LogP contribution in [0.25, 0.3) is 0 Å². The molecule has 0 heterocycles. The van der Waals surface area contributed by atoms with E-state index in [1.54, 1.807) is 0 Å². The number of rotatable bonds is 86. The van der Waals surface area contributed by atoms with Crippen molar-refractivity contribution >= 4 is 39.5 Å². The molecule has 0 spiro atoms. The van der Waals surface area contributed by atoms with Gasteiger partial charge in [-0.15, -0.1) is 0 Å². The Morgan fingerprint density at radius 3 is 0.567 bits per heavy atom. The first-order valence-electron chi connectivity index (χ1n) is 44.3. The summed E-state index contributed by atoms with van der Waals surface area (Å²) in [6.07, 6.45) is 73.5. The van der Waals surface area contributed by atoms with E-state index in [1.807, 2.05) is 0 Å². The Morgan fingerprint density at radius 1 is 0.231 bits per heavy atom. The molecule has 3 N–H and O–H groups in total. The fraction of sp³-hybridized carbons (Fsp3) is 0.953. The fourth-order valence-corrected chi connectivity index (χ4v) is 14.9. The quantitative estimate of drug-likeness (QED) is 0.0222. The van der Waals surface area contributed by atoms with E-state index in [0.29, 0.717) is 25.7 Å². The lowest BCUT2D eigenvalue weighted by Crippen LogP contribution is -2.30. The summed E-state index contributed by atoms with van der Waals surface area (Å²) in [7, 11) is -9.92. The van der Waals surface area contributed by atoms with Crippen molar-refractivity contribution in [2.45, 2.75) is 483 Å². The van der Waals surface area contributed by atoms with E-state index < -0.39 is 97.5 Å². The van der Waals surface area contributed by atoms with Crippen LogP contribution in [0, 0.1) is 0 Å². The highest BCUT2D eigenvalue weighted by Gasteiger charge is 2.30. The van der Waals surface area contributed by atoms with Crippen LogP contribution in [0.3, 0.4) is 0 Å². The van der Waals surface area contributed by atoms with Crippen LogP contribution in [0.1, 0.15) is 464 Å². The van der Waals surface area contributed by atoms with E-state index in [1.165, 1.54) is 295 Å². The molecular formula is C85H166O17P2. The molecule has 5 atom stereocenters. The first kappa shape index (κ1) is 102. The molecule has 0 saturated carbocycles. The third-order valence-electron chi connectivity index (χ3n) is 20.1. The van der Waals surface area contributed by atoms with Gasteiger partial charge in [-0.25, -0.2) is 9.13 Å². The first-order valence-corrected chi connectivity index (χ1v) is 47.3. The summed E-state index contributed by atoms with van der Waals surface area (Å²) in [5.74, 6) is -2.10. The van der Waals surface area contributed by atoms with Crippen molar-refractivity contribution in [2.24, 2.45) is 0 Å². The number of aliphatic hydroxyl groups excluding tert-OH is 1. The van der Waals surface area contributed by atoms with E-state index >= 15 is 0 Å². The van der Waals surface area contributed by atoms with Gasteiger partial charge < -0.3 is 33.8 Å². The number of unbranched alkanes of at least 4 members (excludes halogenated alkanes) is 60. The molecule has 2 unspecified atom stereocenters. The van der Waals surface area contributed by atoms with E-state index in [0.717, 1.165) is 89.9 Å². The van der Waals surface area contributed by atoms with E-state index in [2.05, 4.69) is 27.7 Å². The maximum atomic E-state index is 13.1. The van der Waals surface area contributed by atoms with Crippen molar-refractivity contribution in [3.05, 3.63) is 0 Å². The van der Waals surface area contributed by atoms with Crippen LogP contribution >= 0.6 is 15.6 Å². The highest BCUT2D eigenvalue weighted by molar-refractivity contribution is 7.47. The van der Waals surface area contributed by atoms with Gasteiger partial charge in [0.2, 0.25) is 0 Å². The Bertz CT molecular complexity index is 1960. The van der Waals surface area contributed by atoms with Gasteiger partial charge in [-0.2, -0.15) is 0 Å². The van der Waals surface area contributed by atoms with Crippen LogP contribution in [0.2, 0.25) is 0 Å². The maximum absolute atomic E-state index is 13.1. The minimum absolute atomic E-state index is 0.109. The Kier molecular flexibility index (Phi) is 77.7. The number of hydrogen-bond donors (Lipinski definition) is 3. The zero-order valence-corrected chi connectivity index (χ0v) is 69.8. The molecule has 0 aromatic rings. The summed E-state index contributed by atoms with van der Waals surface area (Å²) in [6.45, 7) is 5.06. The summed E-state index contributed by atoms with van der Waals surface area (Å²) in [5.41, 5.74) is 0. The normalized spacial score (nSPS) is 13.7. The predicted octanol–water partition coefficient (Wildman–Crippen LogP) is 26.1. The molecule has 0 saturated heterocycles. The van der Waals surface area contributed by atoms with Crippen LogP contribution in [0.4, 0.5) is 0 Å². The van der Waals surface area contributed by atoms with E-state index in [9.17, 15) is 43.2 Å². The molecule has 0 aromatic heterocycles. The second-order valence-corrected chi connectivity index (χ2v) is 33.5. The molecule has 0 radical (unpaired) electrons. The molecule has 19 heteroatoms. The van der Waals surface area contributed by atoms with Crippen molar-refractivity contribution < 1.29 is 80.2 Å². The van der Waals surface area contributed by atoms with Gasteiger partial charge >= 0.3 is 39.5 Å². The van der Waals surface area contributed by atoms with Gasteiger partial charge in [-0.05, 0) is 25.7 Å². The molecule has 104 heavy (non-hydrogen) atoms. The standard InChI is InChI=1S/C85H166O17P2/c1-5-9-13-17-21-25-29-32-35-38-40-42-45-48-52-56-60-64-68-72-85(90)102-81(76-96-83(88)70-66-62-58-54-50-46-44-41-39-36-33-30-26-22-18-14-10-6-2)78-100-104(93,94)98-74-79(86)73-97-103(91,92)99-77-80(75-95-82(87)69-65-61-57-53-49-28-24-20-16-12-8-4)101-84(89)71-67-63-59-55-51-47-43-37-34-31-27-23-19-15-11-7-3/h79-81,86H,5-78H2,1-4H3,(H,91,92)(H,93,94)/t79-,80+,81+/m0/s1. The summed E-state index contributed by atoms with van der Waals surface area (Å²) >= 11 is 0.